The molecule has 5 rings (SSSR count). The highest BCUT2D eigenvalue weighted by Gasteiger charge is 2.40. The smallest absolute Gasteiger partial charge is 0.475 e. The Balaban J connectivity index is 0.000000272. The lowest BCUT2D eigenvalue weighted by Gasteiger charge is -2.28. The van der Waals surface area contributed by atoms with Gasteiger partial charge in [-0.1, -0.05) is 23.2 Å². The van der Waals surface area contributed by atoms with Gasteiger partial charge in [-0.05, 0) is 18.6 Å². The first-order valence-electron chi connectivity index (χ1n) is 8.69. The number of carbonyl (C=O) groups is 1. The number of nitrogens with two attached hydrogens (primary N) is 1. The summed E-state index contributed by atoms with van der Waals surface area (Å²) in [6, 6.07) is 4.35. The van der Waals surface area contributed by atoms with Crippen molar-refractivity contribution in [3.63, 3.8) is 0 Å². The molecule has 4 N–H and O–H groups in total. The second-order valence-corrected chi connectivity index (χ2v) is 7.74. The first kappa shape index (κ1) is 20.8. The Morgan fingerprint density at radius 2 is 2.00 bits per heavy atom. The van der Waals surface area contributed by atoms with Crippen molar-refractivity contribution in [2.24, 2.45) is 0 Å². The van der Waals surface area contributed by atoms with E-state index in [1.54, 1.807) is 12.1 Å². The Bertz CT molecular complexity index is 1150. The highest BCUT2D eigenvalue weighted by atomic mass is 35.5. The van der Waals surface area contributed by atoms with Crippen molar-refractivity contribution in [3.8, 4) is 0 Å². The monoisotopic (exact) mass is 463 g/mol. The third-order valence-corrected chi connectivity index (χ3v) is 5.40. The van der Waals surface area contributed by atoms with Gasteiger partial charge in [0.2, 0.25) is 5.95 Å². The fourth-order valence-electron chi connectivity index (χ4n) is 3.69. The molecule has 2 bridgehead atoms. The molecular weight excluding hydrogens is 450 g/mol. The standard InChI is InChI=1S/C15H13Cl2N5O.C2HF3O2/c16-6-1-9-11-13(23-12(9)10(17)2-6)14(21-15(18)20-11)22-5-7-3-8(22)4-19-7;3-2(4,5)1(6)7/h1-2,7-8,19H,3-5H2,(H2,18,20,21);(H,6,7). The number of aromatic nitrogens is 2. The number of piperazine rings is 1. The van der Waals surface area contributed by atoms with Crippen LogP contribution in [0, 0.1) is 0 Å². The van der Waals surface area contributed by atoms with Crippen molar-refractivity contribution in [3.05, 3.63) is 22.2 Å². The molecule has 2 fully saturated rings. The molecule has 3 aromatic rings. The van der Waals surface area contributed by atoms with Crippen LogP contribution in [-0.2, 0) is 4.79 Å². The highest BCUT2D eigenvalue weighted by Crippen LogP contribution is 2.40. The maximum atomic E-state index is 10.6. The molecule has 30 heavy (non-hydrogen) atoms. The maximum Gasteiger partial charge on any atom is 0.490 e. The lowest BCUT2D eigenvalue weighted by atomic mass is 10.2. The van der Waals surface area contributed by atoms with E-state index < -0.39 is 12.1 Å². The Morgan fingerprint density at radius 1 is 1.30 bits per heavy atom. The second kappa shape index (κ2) is 7.33. The molecule has 13 heteroatoms. The van der Waals surface area contributed by atoms with Crippen molar-refractivity contribution in [1.29, 1.82) is 0 Å². The molecule has 1 aromatic carbocycles. The zero-order chi connectivity index (χ0) is 21.8. The molecule has 2 aromatic heterocycles. The number of hydrogen-bond acceptors (Lipinski definition) is 7. The molecule has 8 nitrogen and oxygen atoms in total. The maximum absolute atomic E-state index is 10.6. The van der Waals surface area contributed by atoms with Crippen LogP contribution in [0.4, 0.5) is 24.9 Å². The zero-order valence-electron chi connectivity index (χ0n) is 15.0. The third kappa shape index (κ3) is 3.68. The van der Waals surface area contributed by atoms with E-state index in [4.69, 9.17) is 43.3 Å². The van der Waals surface area contributed by atoms with Crippen LogP contribution in [-0.4, -0.2) is 52.4 Å². The van der Waals surface area contributed by atoms with Gasteiger partial charge in [0.15, 0.2) is 17.0 Å². The average molecular weight is 464 g/mol. The molecule has 0 aliphatic carbocycles. The van der Waals surface area contributed by atoms with E-state index in [0.717, 1.165) is 30.7 Å². The van der Waals surface area contributed by atoms with Crippen LogP contribution in [0.2, 0.25) is 10.0 Å². The molecule has 0 saturated carbocycles. The zero-order valence-corrected chi connectivity index (χ0v) is 16.5. The van der Waals surface area contributed by atoms with Gasteiger partial charge in [0.25, 0.3) is 0 Å². The van der Waals surface area contributed by atoms with Gasteiger partial charge in [-0.25, -0.2) is 9.78 Å². The molecule has 2 saturated heterocycles. The number of halogens is 5. The normalized spacial score (nSPS) is 20.6. The summed E-state index contributed by atoms with van der Waals surface area (Å²) in [5, 5.41) is 12.4. The summed E-state index contributed by atoms with van der Waals surface area (Å²) in [7, 11) is 0. The number of nitrogens with one attached hydrogen (secondary N) is 1. The minimum atomic E-state index is -5.08. The van der Waals surface area contributed by atoms with Gasteiger partial charge < -0.3 is 25.5 Å². The topological polar surface area (TPSA) is 118 Å². The summed E-state index contributed by atoms with van der Waals surface area (Å²) in [4.78, 5) is 19.9. The molecular formula is C17H14Cl2F3N5O3. The van der Waals surface area contributed by atoms with E-state index in [1.807, 2.05) is 0 Å². The number of aliphatic carboxylic acids is 1. The van der Waals surface area contributed by atoms with Crippen LogP contribution in [0.25, 0.3) is 22.1 Å². The highest BCUT2D eigenvalue weighted by molar-refractivity contribution is 6.39. The molecule has 4 heterocycles. The van der Waals surface area contributed by atoms with Crippen LogP contribution in [0.15, 0.2) is 16.5 Å². The van der Waals surface area contributed by atoms with Gasteiger partial charge in [0.05, 0.1) is 10.4 Å². The van der Waals surface area contributed by atoms with Gasteiger partial charge in [-0.2, -0.15) is 18.2 Å². The van der Waals surface area contributed by atoms with Gasteiger partial charge >= 0.3 is 12.1 Å². The summed E-state index contributed by atoms with van der Waals surface area (Å²) in [6.07, 6.45) is -3.97. The van der Waals surface area contributed by atoms with Crippen molar-refractivity contribution in [2.75, 3.05) is 23.7 Å². The molecule has 2 aliphatic heterocycles. The van der Waals surface area contributed by atoms with Crippen molar-refractivity contribution in [2.45, 2.75) is 24.7 Å². The Morgan fingerprint density at radius 3 is 2.57 bits per heavy atom. The summed E-state index contributed by atoms with van der Waals surface area (Å²) >= 11 is 12.4. The van der Waals surface area contributed by atoms with Crippen molar-refractivity contribution >= 4 is 63.0 Å². The van der Waals surface area contributed by atoms with E-state index in [9.17, 15) is 13.2 Å². The number of carboxylic acid groups (broad SMARTS) is 1. The number of benzene rings is 1. The minimum absolute atomic E-state index is 0.224. The largest absolute Gasteiger partial charge is 0.490 e. The van der Waals surface area contributed by atoms with Crippen LogP contribution in [0.5, 0.6) is 0 Å². The minimum Gasteiger partial charge on any atom is -0.475 e. The second-order valence-electron chi connectivity index (χ2n) is 6.90. The fourth-order valence-corrected chi connectivity index (χ4v) is 4.22. The van der Waals surface area contributed by atoms with Crippen LogP contribution >= 0.6 is 23.2 Å². The van der Waals surface area contributed by atoms with Crippen LogP contribution in [0.1, 0.15) is 6.42 Å². The number of furan rings is 1. The van der Waals surface area contributed by atoms with Crippen LogP contribution in [0.3, 0.4) is 0 Å². The van der Waals surface area contributed by atoms with Gasteiger partial charge in [0, 0.05) is 30.2 Å². The Hall–Kier alpha value is -2.50. The molecule has 2 aliphatic rings. The lowest BCUT2D eigenvalue weighted by Crippen LogP contribution is -2.44. The average Bonchev–Trinajstić information content (AvgIpc) is 3.35. The first-order valence-corrected chi connectivity index (χ1v) is 9.45. The molecule has 0 amide bonds. The van der Waals surface area contributed by atoms with Gasteiger partial charge in [-0.3, -0.25) is 0 Å². The molecule has 2 atom stereocenters. The quantitative estimate of drug-likeness (QED) is 0.502. The lowest BCUT2D eigenvalue weighted by molar-refractivity contribution is -0.192. The van der Waals surface area contributed by atoms with E-state index in [1.165, 1.54) is 0 Å². The Labute approximate surface area is 176 Å². The van der Waals surface area contributed by atoms with Gasteiger partial charge in [0.1, 0.15) is 5.52 Å². The Kier molecular flexibility index (Phi) is 5.07. The molecule has 0 radical (unpaired) electrons. The predicted molar refractivity (Wildman–Crippen MR) is 105 cm³/mol. The van der Waals surface area contributed by atoms with E-state index in [0.29, 0.717) is 38.8 Å². The summed E-state index contributed by atoms with van der Waals surface area (Å²) < 4.78 is 37.7. The predicted octanol–water partition coefficient (Wildman–Crippen LogP) is 3.45. The number of nitrogens with zero attached hydrogens (tertiary/aromatic N) is 3. The molecule has 2 unspecified atom stereocenters. The number of fused-ring (bicyclic) bond motifs is 5. The van der Waals surface area contributed by atoms with Crippen molar-refractivity contribution < 1.29 is 27.5 Å². The number of rotatable bonds is 1. The summed E-state index contributed by atoms with van der Waals surface area (Å²) in [6.45, 7) is 1.84. The third-order valence-electron chi connectivity index (χ3n) is 4.90. The summed E-state index contributed by atoms with van der Waals surface area (Å²) in [5.74, 6) is -1.79. The fraction of sp³-hybridized carbons (Fsp3) is 0.353. The number of anilines is 2. The molecule has 160 valence electrons. The van der Waals surface area contributed by atoms with Crippen molar-refractivity contribution in [1.82, 2.24) is 15.3 Å². The number of nitrogen functional groups attached to an aromatic ring is 1. The molecule has 0 spiro atoms. The van der Waals surface area contributed by atoms with E-state index in [-0.39, 0.29) is 5.95 Å². The number of carboxylic acids is 1. The van der Waals surface area contributed by atoms with E-state index >= 15 is 0 Å². The number of alkyl halides is 3. The SMILES string of the molecule is Nc1nc(N2CC3CC2CN3)c2oc3c(Cl)cc(Cl)cc3c2n1.O=C(O)C(F)(F)F. The first-order chi connectivity index (χ1) is 14.0. The van der Waals surface area contributed by atoms with E-state index in [2.05, 4.69) is 20.2 Å². The van der Waals surface area contributed by atoms with Gasteiger partial charge in [-0.15, -0.1) is 0 Å². The van der Waals surface area contributed by atoms with Crippen LogP contribution < -0.4 is 16.0 Å². The summed E-state index contributed by atoms with van der Waals surface area (Å²) in [5.41, 5.74) is 7.78. The number of hydrogen-bond donors (Lipinski definition) is 3.